The number of nitrogens with one attached hydrogen (secondary N) is 1. The third-order valence-corrected chi connectivity index (χ3v) is 4.40. The highest BCUT2D eigenvalue weighted by Crippen LogP contribution is 2.23. The van der Waals surface area contributed by atoms with Crippen molar-refractivity contribution in [2.75, 3.05) is 16.8 Å². The number of pyridine rings is 1. The standard InChI is InChI=1S/C22H19N5O/c1-2-27(17-10-4-3-5-11-17)22(28)19-14-25-20(15-24-19)26-18-12-6-8-16-9-7-13-23-21(16)18/h3-15H,2H2,1H3,(H,25,26). The molecule has 0 spiro atoms. The molecule has 6 heteroatoms. The zero-order valence-corrected chi connectivity index (χ0v) is 15.4. The second-order valence-corrected chi connectivity index (χ2v) is 6.18. The predicted octanol–water partition coefficient (Wildman–Crippen LogP) is 4.44. The van der Waals surface area contributed by atoms with Crippen molar-refractivity contribution in [3.05, 3.63) is 84.9 Å². The highest BCUT2D eigenvalue weighted by molar-refractivity contribution is 6.04. The lowest BCUT2D eigenvalue weighted by Gasteiger charge is -2.20. The summed E-state index contributed by atoms with van der Waals surface area (Å²) in [5.41, 5.74) is 2.83. The maximum absolute atomic E-state index is 12.8. The number of hydrogen-bond acceptors (Lipinski definition) is 5. The van der Waals surface area contributed by atoms with Crippen molar-refractivity contribution in [2.45, 2.75) is 6.92 Å². The summed E-state index contributed by atoms with van der Waals surface area (Å²) in [6, 6.07) is 19.3. The lowest BCUT2D eigenvalue weighted by atomic mass is 10.2. The number of amides is 1. The Kier molecular flexibility index (Phi) is 4.93. The molecule has 2 aromatic carbocycles. The smallest absolute Gasteiger partial charge is 0.278 e. The summed E-state index contributed by atoms with van der Waals surface area (Å²) < 4.78 is 0. The molecule has 1 N–H and O–H groups in total. The van der Waals surface area contributed by atoms with Gasteiger partial charge in [0.25, 0.3) is 5.91 Å². The van der Waals surface area contributed by atoms with Gasteiger partial charge in [-0.15, -0.1) is 0 Å². The predicted molar refractivity (Wildman–Crippen MR) is 111 cm³/mol. The van der Waals surface area contributed by atoms with Crippen molar-refractivity contribution < 1.29 is 4.79 Å². The van der Waals surface area contributed by atoms with Crippen LogP contribution in [0.4, 0.5) is 17.2 Å². The molecule has 1 amide bonds. The molecular formula is C22H19N5O. The van der Waals surface area contributed by atoms with Gasteiger partial charge in [-0.3, -0.25) is 9.78 Å². The lowest BCUT2D eigenvalue weighted by Crippen LogP contribution is -2.31. The highest BCUT2D eigenvalue weighted by Gasteiger charge is 2.17. The van der Waals surface area contributed by atoms with Crippen LogP contribution in [0.2, 0.25) is 0 Å². The molecule has 4 rings (SSSR count). The van der Waals surface area contributed by atoms with Gasteiger partial charge in [-0.05, 0) is 31.2 Å². The van der Waals surface area contributed by atoms with Gasteiger partial charge in [0.15, 0.2) is 0 Å². The third kappa shape index (κ3) is 3.53. The highest BCUT2D eigenvalue weighted by atomic mass is 16.2. The summed E-state index contributed by atoms with van der Waals surface area (Å²) in [7, 11) is 0. The number of carbonyl (C=O) groups is 1. The Labute approximate surface area is 162 Å². The van der Waals surface area contributed by atoms with Crippen molar-refractivity contribution in [3.8, 4) is 0 Å². The fourth-order valence-corrected chi connectivity index (χ4v) is 3.04. The molecule has 0 aliphatic carbocycles. The molecular weight excluding hydrogens is 350 g/mol. The van der Waals surface area contributed by atoms with Crippen molar-refractivity contribution >= 4 is 34.0 Å². The Morgan fingerprint density at radius 3 is 2.50 bits per heavy atom. The molecule has 0 saturated heterocycles. The van der Waals surface area contributed by atoms with E-state index in [0.29, 0.717) is 18.1 Å². The van der Waals surface area contributed by atoms with Crippen molar-refractivity contribution in [2.24, 2.45) is 0 Å². The minimum Gasteiger partial charge on any atom is -0.337 e. The van der Waals surface area contributed by atoms with Crippen LogP contribution in [0.5, 0.6) is 0 Å². The molecule has 0 unspecified atom stereocenters. The maximum atomic E-state index is 12.8. The fourth-order valence-electron chi connectivity index (χ4n) is 3.04. The summed E-state index contributed by atoms with van der Waals surface area (Å²) in [5.74, 6) is 0.372. The first kappa shape index (κ1) is 17.6. The number of fused-ring (bicyclic) bond motifs is 1. The van der Waals surface area contributed by atoms with Crippen LogP contribution in [0.25, 0.3) is 10.9 Å². The fraction of sp³-hybridized carbons (Fsp3) is 0.0909. The van der Waals surface area contributed by atoms with Gasteiger partial charge in [-0.1, -0.05) is 36.4 Å². The Hall–Kier alpha value is -3.80. The van der Waals surface area contributed by atoms with Gasteiger partial charge in [-0.2, -0.15) is 0 Å². The number of para-hydroxylation sites is 2. The lowest BCUT2D eigenvalue weighted by molar-refractivity contribution is 0.0983. The monoisotopic (exact) mass is 369 g/mol. The molecule has 2 aromatic heterocycles. The van der Waals surface area contributed by atoms with Crippen LogP contribution in [0, 0.1) is 0 Å². The number of benzene rings is 2. The second-order valence-electron chi connectivity index (χ2n) is 6.18. The van der Waals surface area contributed by atoms with E-state index in [1.165, 1.54) is 6.20 Å². The van der Waals surface area contributed by atoms with Crippen molar-refractivity contribution in [1.82, 2.24) is 15.0 Å². The van der Waals surface area contributed by atoms with Gasteiger partial charge >= 0.3 is 0 Å². The van der Waals surface area contributed by atoms with Crippen LogP contribution in [0.15, 0.2) is 79.3 Å². The number of rotatable bonds is 5. The molecule has 0 aliphatic heterocycles. The summed E-state index contributed by atoms with van der Waals surface area (Å²) in [4.78, 5) is 27.6. The van der Waals surface area contributed by atoms with Crippen LogP contribution in [0.3, 0.4) is 0 Å². The molecule has 28 heavy (non-hydrogen) atoms. The van der Waals surface area contributed by atoms with E-state index in [4.69, 9.17) is 0 Å². The van der Waals surface area contributed by atoms with E-state index in [-0.39, 0.29) is 5.91 Å². The largest absolute Gasteiger partial charge is 0.337 e. The minimum absolute atomic E-state index is 0.181. The first-order valence-electron chi connectivity index (χ1n) is 9.06. The first-order chi connectivity index (χ1) is 13.8. The van der Waals surface area contributed by atoms with Crippen molar-refractivity contribution in [1.29, 1.82) is 0 Å². The van der Waals surface area contributed by atoms with Crippen molar-refractivity contribution in [3.63, 3.8) is 0 Å². The zero-order chi connectivity index (χ0) is 19.3. The SMILES string of the molecule is CCN(C(=O)c1cnc(Nc2cccc3cccnc23)cn1)c1ccccc1. The van der Waals surface area contributed by atoms with E-state index in [0.717, 1.165) is 22.3 Å². The second kappa shape index (κ2) is 7.84. The molecule has 4 aromatic rings. The Balaban J connectivity index is 1.56. The Bertz CT molecular complexity index is 1090. The summed E-state index contributed by atoms with van der Waals surface area (Å²) >= 11 is 0. The van der Waals surface area contributed by atoms with Gasteiger partial charge in [-0.25, -0.2) is 9.97 Å². The quantitative estimate of drug-likeness (QED) is 0.563. The zero-order valence-electron chi connectivity index (χ0n) is 15.4. The van der Waals surface area contributed by atoms with E-state index in [1.54, 1.807) is 17.3 Å². The minimum atomic E-state index is -0.181. The Morgan fingerprint density at radius 2 is 1.75 bits per heavy atom. The number of hydrogen-bond donors (Lipinski definition) is 1. The van der Waals surface area contributed by atoms with E-state index < -0.39 is 0 Å². The van der Waals surface area contributed by atoms with Gasteiger partial charge in [0.2, 0.25) is 0 Å². The number of nitrogens with zero attached hydrogens (tertiary/aromatic N) is 4. The normalized spacial score (nSPS) is 10.6. The van der Waals surface area contributed by atoms with Gasteiger partial charge in [0.1, 0.15) is 11.5 Å². The number of anilines is 3. The molecule has 0 saturated carbocycles. The van der Waals surface area contributed by atoms with E-state index in [2.05, 4.69) is 20.3 Å². The van der Waals surface area contributed by atoms with E-state index >= 15 is 0 Å². The van der Waals surface area contributed by atoms with E-state index in [1.807, 2.05) is 67.6 Å². The molecule has 0 radical (unpaired) electrons. The third-order valence-electron chi connectivity index (χ3n) is 4.40. The molecule has 0 bridgehead atoms. The van der Waals surface area contributed by atoms with Crippen LogP contribution in [0.1, 0.15) is 17.4 Å². The van der Waals surface area contributed by atoms with Crippen LogP contribution >= 0.6 is 0 Å². The van der Waals surface area contributed by atoms with Gasteiger partial charge < -0.3 is 10.2 Å². The van der Waals surface area contributed by atoms with Crippen LogP contribution in [-0.4, -0.2) is 27.4 Å². The average Bonchev–Trinajstić information content (AvgIpc) is 2.76. The number of carbonyl (C=O) groups excluding carboxylic acids is 1. The molecule has 2 heterocycles. The Morgan fingerprint density at radius 1 is 0.929 bits per heavy atom. The molecule has 0 aliphatic rings. The molecule has 0 atom stereocenters. The van der Waals surface area contributed by atoms with Gasteiger partial charge in [0, 0.05) is 23.8 Å². The van der Waals surface area contributed by atoms with Crippen LogP contribution < -0.4 is 10.2 Å². The molecule has 138 valence electrons. The average molecular weight is 369 g/mol. The topological polar surface area (TPSA) is 71.0 Å². The maximum Gasteiger partial charge on any atom is 0.278 e. The molecule has 0 fully saturated rings. The summed E-state index contributed by atoms with van der Waals surface area (Å²) in [6.07, 6.45) is 4.81. The number of aromatic nitrogens is 3. The summed E-state index contributed by atoms with van der Waals surface area (Å²) in [6.45, 7) is 2.48. The van der Waals surface area contributed by atoms with Crippen LogP contribution in [-0.2, 0) is 0 Å². The summed E-state index contributed by atoms with van der Waals surface area (Å²) in [5, 5.41) is 4.26. The molecule has 6 nitrogen and oxygen atoms in total. The van der Waals surface area contributed by atoms with Gasteiger partial charge in [0.05, 0.1) is 23.6 Å². The first-order valence-corrected chi connectivity index (χ1v) is 9.06. The van der Waals surface area contributed by atoms with E-state index in [9.17, 15) is 4.79 Å².